The molecule has 0 aliphatic carbocycles. The lowest BCUT2D eigenvalue weighted by atomic mass is 9.95. The number of carbonyl (C=O) groups is 2. The first-order valence-electron chi connectivity index (χ1n) is 6.55. The summed E-state index contributed by atoms with van der Waals surface area (Å²) in [6.45, 7) is 4.40. The molecule has 2 unspecified atom stereocenters. The lowest BCUT2D eigenvalue weighted by Gasteiger charge is -2.29. The van der Waals surface area contributed by atoms with Gasteiger partial charge in [0.25, 0.3) is 0 Å². The van der Waals surface area contributed by atoms with Crippen molar-refractivity contribution in [1.82, 2.24) is 5.32 Å². The van der Waals surface area contributed by atoms with E-state index in [0.29, 0.717) is 17.5 Å². The molecule has 2 rings (SSSR count). The summed E-state index contributed by atoms with van der Waals surface area (Å²) in [5, 5.41) is 14.6. The predicted octanol–water partition coefficient (Wildman–Crippen LogP) is 2.84. The summed E-state index contributed by atoms with van der Waals surface area (Å²) in [5.41, 5.74) is -0.182. The number of carbonyl (C=O) groups excluding carboxylic acids is 1. The second kappa shape index (κ2) is 6.03. The summed E-state index contributed by atoms with van der Waals surface area (Å²) in [7, 11) is 0. The highest BCUT2D eigenvalue weighted by atomic mass is 79.9. The molecular formula is C14H17BrN2O4. The Bertz CT molecular complexity index is 578. The fraction of sp³-hybridized carbons (Fsp3) is 0.429. The molecule has 1 aliphatic rings. The average Bonchev–Trinajstić information content (AvgIpc) is 2.68. The molecule has 3 N–H and O–H groups in total. The Labute approximate surface area is 131 Å². The first-order chi connectivity index (χ1) is 9.82. The summed E-state index contributed by atoms with van der Waals surface area (Å²) >= 11 is 3.26. The summed E-state index contributed by atoms with van der Waals surface area (Å²) < 4.78 is 6.14. The zero-order valence-electron chi connectivity index (χ0n) is 11.8. The van der Waals surface area contributed by atoms with Gasteiger partial charge in [-0.1, -0.05) is 15.9 Å². The van der Waals surface area contributed by atoms with Gasteiger partial charge in [0.05, 0.1) is 22.9 Å². The number of hydrogen-bond acceptors (Lipinski definition) is 3. The van der Waals surface area contributed by atoms with E-state index in [-0.39, 0.29) is 17.4 Å². The minimum absolute atomic E-state index is 0.0363. The maximum atomic E-state index is 12.1. The number of halogens is 1. The molecule has 1 saturated heterocycles. The van der Waals surface area contributed by atoms with E-state index >= 15 is 0 Å². The van der Waals surface area contributed by atoms with E-state index in [2.05, 4.69) is 26.6 Å². The van der Waals surface area contributed by atoms with Crippen molar-refractivity contribution < 1.29 is 19.4 Å². The number of aromatic carboxylic acids is 1. The van der Waals surface area contributed by atoms with Gasteiger partial charge in [0.1, 0.15) is 0 Å². The highest BCUT2D eigenvalue weighted by molar-refractivity contribution is 9.10. The number of amides is 2. The Morgan fingerprint density at radius 1 is 1.48 bits per heavy atom. The molecule has 114 valence electrons. The van der Waals surface area contributed by atoms with Crippen LogP contribution in [0.5, 0.6) is 0 Å². The van der Waals surface area contributed by atoms with E-state index in [0.717, 1.165) is 0 Å². The van der Waals surface area contributed by atoms with Crippen LogP contribution in [0.15, 0.2) is 22.7 Å². The summed E-state index contributed by atoms with van der Waals surface area (Å²) in [6.07, 6.45) is 0.621. The van der Waals surface area contributed by atoms with Crippen LogP contribution in [0.4, 0.5) is 10.5 Å². The summed E-state index contributed by atoms with van der Waals surface area (Å²) in [6, 6.07) is 4.15. The van der Waals surface area contributed by atoms with E-state index in [9.17, 15) is 9.59 Å². The number of carboxylic acid groups (broad SMARTS) is 1. The standard InChI is InChI=1S/C14H17BrN2O4/c1-8-14(2,5-6-21-8)17-13(20)16-11-7-9(15)3-4-10(11)12(18)19/h3-4,7-8H,5-6H2,1-2H3,(H,18,19)(H2,16,17,20). The molecule has 0 radical (unpaired) electrons. The van der Waals surface area contributed by atoms with Gasteiger partial charge in [-0.25, -0.2) is 9.59 Å². The molecule has 1 aromatic carbocycles. The molecule has 21 heavy (non-hydrogen) atoms. The van der Waals surface area contributed by atoms with Gasteiger partial charge >= 0.3 is 12.0 Å². The third kappa shape index (κ3) is 3.54. The van der Waals surface area contributed by atoms with Crippen molar-refractivity contribution in [3.63, 3.8) is 0 Å². The van der Waals surface area contributed by atoms with Gasteiger partial charge in [-0.2, -0.15) is 0 Å². The van der Waals surface area contributed by atoms with E-state index in [1.165, 1.54) is 6.07 Å². The smallest absolute Gasteiger partial charge is 0.337 e. The largest absolute Gasteiger partial charge is 0.478 e. The highest BCUT2D eigenvalue weighted by Gasteiger charge is 2.38. The molecule has 1 aliphatic heterocycles. The van der Waals surface area contributed by atoms with Crippen LogP contribution in [0.3, 0.4) is 0 Å². The number of hydrogen-bond donors (Lipinski definition) is 3. The number of nitrogens with one attached hydrogen (secondary N) is 2. The third-order valence-electron chi connectivity index (χ3n) is 3.75. The molecule has 0 spiro atoms. The van der Waals surface area contributed by atoms with Crippen LogP contribution in [-0.4, -0.2) is 35.4 Å². The van der Waals surface area contributed by atoms with E-state index in [4.69, 9.17) is 9.84 Å². The Kier molecular flexibility index (Phi) is 4.53. The Balaban J connectivity index is 2.13. The highest BCUT2D eigenvalue weighted by Crippen LogP contribution is 2.26. The normalized spacial score (nSPS) is 24.6. The SMILES string of the molecule is CC1OCCC1(C)NC(=O)Nc1cc(Br)ccc1C(=O)O. The zero-order chi connectivity index (χ0) is 15.6. The van der Waals surface area contributed by atoms with Gasteiger partial charge in [-0.3, -0.25) is 0 Å². The van der Waals surface area contributed by atoms with Crippen molar-refractivity contribution in [2.24, 2.45) is 0 Å². The molecule has 6 nitrogen and oxygen atoms in total. The fourth-order valence-corrected chi connectivity index (χ4v) is 2.58. The molecule has 2 atom stereocenters. The average molecular weight is 357 g/mol. The van der Waals surface area contributed by atoms with Gasteiger partial charge in [-0.15, -0.1) is 0 Å². The van der Waals surface area contributed by atoms with Crippen LogP contribution >= 0.6 is 15.9 Å². The van der Waals surface area contributed by atoms with Crippen LogP contribution in [0.2, 0.25) is 0 Å². The maximum absolute atomic E-state index is 12.1. The number of ether oxygens (including phenoxy) is 1. The summed E-state index contributed by atoms with van der Waals surface area (Å²) in [5.74, 6) is -1.10. The minimum Gasteiger partial charge on any atom is -0.478 e. The second-order valence-corrected chi connectivity index (χ2v) is 6.17. The molecule has 1 fully saturated rings. The molecule has 0 bridgehead atoms. The minimum atomic E-state index is -1.10. The lowest BCUT2D eigenvalue weighted by molar-refractivity contribution is 0.0698. The number of rotatable bonds is 3. The topological polar surface area (TPSA) is 87.7 Å². The van der Waals surface area contributed by atoms with Crippen molar-refractivity contribution in [1.29, 1.82) is 0 Å². The molecule has 0 saturated carbocycles. The predicted molar refractivity (Wildman–Crippen MR) is 81.7 cm³/mol. The molecular weight excluding hydrogens is 340 g/mol. The van der Waals surface area contributed by atoms with Crippen molar-refractivity contribution in [3.05, 3.63) is 28.2 Å². The second-order valence-electron chi connectivity index (χ2n) is 5.25. The van der Waals surface area contributed by atoms with Crippen LogP contribution in [-0.2, 0) is 4.74 Å². The fourth-order valence-electron chi connectivity index (χ4n) is 2.22. The van der Waals surface area contributed by atoms with Gasteiger partial charge in [0.15, 0.2) is 0 Å². The van der Waals surface area contributed by atoms with E-state index in [1.54, 1.807) is 12.1 Å². The Hall–Kier alpha value is -1.60. The van der Waals surface area contributed by atoms with Crippen LogP contribution in [0.1, 0.15) is 30.6 Å². The van der Waals surface area contributed by atoms with Crippen molar-refractivity contribution >= 4 is 33.6 Å². The quantitative estimate of drug-likeness (QED) is 0.776. The molecule has 1 aromatic rings. The van der Waals surface area contributed by atoms with Crippen molar-refractivity contribution in [3.8, 4) is 0 Å². The lowest BCUT2D eigenvalue weighted by Crippen LogP contribution is -2.52. The van der Waals surface area contributed by atoms with E-state index in [1.807, 2.05) is 13.8 Å². The van der Waals surface area contributed by atoms with Crippen LogP contribution in [0, 0.1) is 0 Å². The number of benzene rings is 1. The maximum Gasteiger partial charge on any atom is 0.337 e. The number of urea groups is 1. The van der Waals surface area contributed by atoms with Crippen molar-refractivity contribution in [2.45, 2.75) is 31.9 Å². The monoisotopic (exact) mass is 356 g/mol. The van der Waals surface area contributed by atoms with Gasteiger partial charge in [-0.05, 0) is 38.5 Å². The van der Waals surface area contributed by atoms with Crippen LogP contribution in [0.25, 0.3) is 0 Å². The number of anilines is 1. The number of carboxylic acids is 1. The van der Waals surface area contributed by atoms with Gasteiger partial charge in [0.2, 0.25) is 0 Å². The summed E-state index contributed by atoms with van der Waals surface area (Å²) in [4.78, 5) is 23.3. The molecule has 0 aromatic heterocycles. The molecule has 1 heterocycles. The van der Waals surface area contributed by atoms with Crippen molar-refractivity contribution in [2.75, 3.05) is 11.9 Å². The first-order valence-corrected chi connectivity index (χ1v) is 7.35. The Morgan fingerprint density at radius 2 is 2.19 bits per heavy atom. The van der Waals surface area contributed by atoms with Gasteiger partial charge < -0.3 is 20.5 Å². The van der Waals surface area contributed by atoms with Crippen LogP contribution < -0.4 is 10.6 Å². The van der Waals surface area contributed by atoms with E-state index < -0.39 is 17.5 Å². The molecule has 2 amide bonds. The third-order valence-corrected chi connectivity index (χ3v) is 4.24. The molecule has 7 heteroatoms. The van der Waals surface area contributed by atoms with Gasteiger partial charge in [0, 0.05) is 11.1 Å². The first kappa shape index (κ1) is 15.8. The Morgan fingerprint density at radius 3 is 2.76 bits per heavy atom. The zero-order valence-corrected chi connectivity index (χ0v) is 13.4.